The molecule has 5 heteroatoms. The summed E-state index contributed by atoms with van der Waals surface area (Å²) in [4.78, 5) is 13.2. The number of carboxylic acid groups (broad SMARTS) is 1. The van der Waals surface area contributed by atoms with E-state index in [0.717, 1.165) is 44.5 Å². The summed E-state index contributed by atoms with van der Waals surface area (Å²) in [6.07, 6.45) is 2.98. The van der Waals surface area contributed by atoms with Gasteiger partial charge in [-0.2, -0.15) is 0 Å². The summed E-state index contributed by atoms with van der Waals surface area (Å²) < 4.78 is 0. The molecule has 112 valence electrons. The molecule has 0 heterocycles. The zero-order valence-corrected chi connectivity index (χ0v) is 15.5. The van der Waals surface area contributed by atoms with Gasteiger partial charge in [0.25, 0.3) is 0 Å². The van der Waals surface area contributed by atoms with Crippen molar-refractivity contribution in [3.05, 3.63) is 29.3 Å². The van der Waals surface area contributed by atoms with Gasteiger partial charge < -0.3 is 20.5 Å². The fourth-order valence-corrected chi connectivity index (χ4v) is 2.50. The Bertz CT molecular complexity index is 432. The minimum absolute atomic E-state index is 0. The van der Waals surface area contributed by atoms with Gasteiger partial charge in [-0.15, -0.1) is 0 Å². The summed E-state index contributed by atoms with van der Waals surface area (Å²) in [5, 5.41) is 10.8. The number of nitrogens with two attached hydrogens (primary N) is 1. The van der Waals surface area contributed by atoms with Crippen LogP contribution in [0, 0.1) is 0 Å². The summed E-state index contributed by atoms with van der Waals surface area (Å²) in [6.45, 7) is 7.43. The fourth-order valence-electron chi connectivity index (χ4n) is 2.50. The Kier molecular flexibility index (Phi) is 10.8. The Balaban J connectivity index is 0.00000400. The Hall–Kier alpha value is -0.550. The number of hydrogen-bond donors (Lipinski definition) is 1. The van der Waals surface area contributed by atoms with Crippen LogP contribution in [0.25, 0.3) is 0 Å². The van der Waals surface area contributed by atoms with Crippen molar-refractivity contribution in [3.63, 3.8) is 0 Å². The van der Waals surface area contributed by atoms with Crippen molar-refractivity contribution in [2.24, 2.45) is 0 Å². The van der Waals surface area contributed by atoms with Crippen LogP contribution in [0.2, 0.25) is 0 Å². The van der Waals surface area contributed by atoms with E-state index in [4.69, 9.17) is 5.73 Å². The number of aliphatic carboxylic acids is 1. The third-order valence-electron chi connectivity index (χ3n) is 3.41. The van der Waals surface area contributed by atoms with Crippen LogP contribution in [-0.4, -0.2) is 30.5 Å². The maximum Gasteiger partial charge on any atom is 1.00 e. The average molecular weight is 300 g/mol. The van der Waals surface area contributed by atoms with E-state index < -0.39 is 5.97 Å². The van der Waals surface area contributed by atoms with Crippen LogP contribution >= 0.6 is 0 Å². The zero-order chi connectivity index (χ0) is 15.0. The van der Waals surface area contributed by atoms with E-state index in [1.165, 1.54) is 0 Å². The zero-order valence-electron chi connectivity index (χ0n) is 13.5. The van der Waals surface area contributed by atoms with Crippen molar-refractivity contribution in [2.45, 2.75) is 39.5 Å². The van der Waals surface area contributed by atoms with Crippen molar-refractivity contribution in [3.8, 4) is 0 Å². The third kappa shape index (κ3) is 7.32. The first-order valence-electron chi connectivity index (χ1n) is 7.36. The summed E-state index contributed by atoms with van der Waals surface area (Å²) in [5.41, 5.74) is 8.16. The maximum atomic E-state index is 10.8. The van der Waals surface area contributed by atoms with Crippen molar-refractivity contribution in [1.82, 2.24) is 4.90 Å². The number of hydrogen-bond acceptors (Lipinski definition) is 4. The molecule has 0 aliphatic carbocycles. The molecule has 0 radical (unpaired) electrons. The third-order valence-corrected chi connectivity index (χ3v) is 3.41. The molecule has 0 amide bonds. The molecule has 0 aliphatic rings. The van der Waals surface area contributed by atoms with Gasteiger partial charge in [0, 0.05) is 24.6 Å². The molecule has 0 saturated carbocycles. The van der Waals surface area contributed by atoms with E-state index in [0.29, 0.717) is 11.3 Å². The predicted molar refractivity (Wildman–Crippen MR) is 80.3 cm³/mol. The van der Waals surface area contributed by atoms with E-state index in [1.807, 2.05) is 12.1 Å². The molecule has 1 rings (SSSR count). The number of carboxylic acids is 1. The van der Waals surface area contributed by atoms with Gasteiger partial charge in [-0.05, 0) is 49.5 Å². The van der Waals surface area contributed by atoms with Gasteiger partial charge in [-0.25, -0.2) is 0 Å². The molecule has 0 bridgehead atoms. The maximum absolute atomic E-state index is 10.8. The van der Waals surface area contributed by atoms with E-state index in [2.05, 4.69) is 18.7 Å². The smallest absolute Gasteiger partial charge is 0.550 e. The van der Waals surface area contributed by atoms with Crippen LogP contribution in [0.4, 0.5) is 5.69 Å². The first-order chi connectivity index (χ1) is 9.58. The van der Waals surface area contributed by atoms with Gasteiger partial charge in [0.1, 0.15) is 0 Å². The van der Waals surface area contributed by atoms with Crippen LogP contribution < -0.4 is 40.4 Å². The first kappa shape index (κ1) is 20.5. The Labute approximate surface area is 150 Å². The van der Waals surface area contributed by atoms with Gasteiger partial charge in [-0.1, -0.05) is 26.0 Å². The summed E-state index contributed by atoms with van der Waals surface area (Å²) in [6, 6.07) is 5.59. The van der Waals surface area contributed by atoms with E-state index in [1.54, 1.807) is 6.07 Å². The molecule has 1 aromatic carbocycles. The Morgan fingerprint density at radius 1 is 1.19 bits per heavy atom. The summed E-state index contributed by atoms with van der Waals surface area (Å²) in [7, 11) is 0. The molecule has 0 saturated heterocycles. The molecular formula is C16H25N2NaO2. The van der Waals surface area contributed by atoms with Crippen LogP contribution in [0.5, 0.6) is 0 Å². The van der Waals surface area contributed by atoms with Crippen LogP contribution in [0.15, 0.2) is 18.2 Å². The van der Waals surface area contributed by atoms with Gasteiger partial charge in [-0.3, -0.25) is 0 Å². The van der Waals surface area contributed by atoms with Crippen molar-refractivity contribution in [1.29, 1.82) is 0 Å². The molecule has 2 N–H and O–H groups in total. The monoisotopic (exact) mass is 300 g/mol. The second kappa shape index (κ2) is 11.1. The number of nitrogens with zero attached hydrogens (tertiary/aromatic N) is 1. The molecule has 4 nitrogen and oxygen atoms in total. The fraction of sp³-hybridized carbons (Fsp3) is 0.562. The summed E-state index contributed by atoms with van der Waals surface area (Å²) >= 11 is 0. The topological polar surface area (TPSA) is 69.4 Å². The second-order valence-electron chi connectivity index (χ2n) is 5.13. The van der Waals surface area contributed by atoms with Crippen LogP contribution in [0.3, 0.4) is 0 Å². The molecule has 0 aromatic heterocycles. The normalized spacial score (nSPS) is 10.4. The molecular weight excluding hydrogens is 275 g/mol. The van der Waals surface area contributed by atoms with Gasteiger partial charge >= 0.3 is 29.6 Å². The standard InChI is InChI=1S/C16H26N2O2.Na/c1-3-9-18(10-4-2)11-8-13-6-5-7-15(17)14(13)12-16(19)20;/h5-7H,3-4,8-12,17H2,1-2H3,(H,19,20);/q;+1/p-1. The average Bonchev–Trinajstić information content (AvgIpc) is 2.39. The largest absolute Gasteiger partial charge is 1.00 e. The number of benzene rings is 1. The van der Waals surface area contributed by atoms with Crippen molar-refractivity contribution >= 4 is 11.7 Å². The number of anilines is 1. The first-order valence-corrected chi connectivity index (χ1v) is 7.36. The Morgan fingerprint density at radius 2 is 1.81 bits per heavy atom. The number of carbonyl (C=O) groups is 1. The van der Waals surface area contributed by atoms with E-state index in [9.17, 15) is 9.90 Å². The molecule has 0 fully saturated rings. The molecule has 1 aromatic rings. The van der Waals surface area contributed by atoms with Crippen molar-refractivity contribution < 1.29 is 39.5 Å². The summed E-state index contributed by atoms with van der Waals surface area (Å²) in [5.74, 6) is -1.08. The van der Waals surface area contributed by atoms with Crippen LogP contribution in [-0.2, 0) is 17.6 Å². The SMILES string of the molecule is CCCN(CCC)CCc1cccc(N)c1CC(=O)[O-].[Na+]. The number of carbonyl (C=O) groups excluding carboxylic acids is 1. The van der Waals surface area contributed by atoms with Crippen LogP contribution in [0.1, 0.15) is 37.8 Å². The van der Waals surface area contributed by atoms with Crippen molar-refractivity contribution in [2.75, 3.05) is 25.4 Å². The molecule has 0 spiro atoms. The van der Waals surface area contributed by atoms with Gasteiger partial charge in [0.15, 0.2) is 0 Å². The molecule has 0 unspecified atom stereocenters. The molecule has 21 heavy (non-hydrogen) atoms. The second-order valence-corrected chi connectivity index (χ2v) is 5.13. The predicted octanol–water partition coefficient (Wildman–Crippen LogP) is -1.77. The van der Waals surface area contributed by atoms with Gasteiger partial charge in [0.05, 0.1) is 0 Å². The minimum Gasteiger partial charge on any atom is -0.550 e. The number of rotatable bonds is 9. The quantitative estimate of drug-likeness (QED) is 0.433. The van der Waals surface area contributed by atoms with E-state index in [-0.39, 0.29) is 36.0 Å². The molecule has 0 atom stereocenters. The van der Waals surface area contributed by atoms with E-state index >= 15 is 0 Å². The van der Waals surface area contributed by atoms with Gasteiger partial charge in [0.2, 0.25) is 0 Å². The minimum atomic E-state index is -1.08. The molecule has 0 aliphatic heterocycles. The number of nitrogen functional groups attached to an aromatic ring is 1. The Morgan fingerprint density at radius 3 is 2.33 bits per heavy atom.